The summed E-state index contributed by atoms with van der Waals surface area (Å²) in [4.78, 5) is 13.7. The molecule has 1 aliphatic heterocycles. The molecule has 110 valence electrons. The molecule has 6 heteroatoms. The molecular weight excluding hydrogens is 258 g/mol. The number of nitro groups is 1. The minimum atomic E-state index is -0.388. The Bertz CT molecular complexity index is 471. The molecule has 1 aliphatic rings. The Kier molecular flexibility index (Phi) is 4.92. The zero-order valence-corrected chi connectivity index (χ0v) is 12.1. The van der Waals surface area contributed by atoms with E-state index in [4.69, 9.17) is 4.74 Å². The molecule has 1 heterocycles. The van der Waals surface area contributed by atoms with E-state index in [0.29, 0.717) is 12.4 Å². The van der Waals surface area contributed by atoms with E-state index in [1.807, 2.05) is 6.92 Å². The highest BCUT2D eigenvalue weighted by atomic mass is 16.6. The molecule has 0 saturated carbocycles. The van der Waals surface area contributed by atoms with E-state index in [1.54, 1.807) is 17.0 Å². The molecule has 2 N–H and O–H groups in total. The molecule has 0 aliphatic carbocycles. The van der Waals surface area contributed by atoms with Gasteiger partial charge < -0.3 is 14.5 Å². The second kappa shape index (κ2) is 6.67. The molecule has 0 unspecified atom stereocenters. The van der Waals surface area contributed by atoms with Crippen molar-refractivity contribution < 1.29 is 19.5 Å². The number of piperazine rings is 1. The lowest BCUT2D eigenvalue weighted by Gasteiger charge is -2.27. The van der Waals surface area contributed by atoms with Gasteiger partial charge in [0.25, 0.3) is 0 Å². The Morgan fingerprint density at radius 2 is 2.00 bits per heavy atom. The Labute approximate surface area is 119 Å². The predicted octanol–water partition coefficient (Wildman–Crippen LogP) is -1.30. The third-order valence-electron chi connectivity index (χ3n) is 3.84. The zero-order valence-electron chi connectivity index (χ0n) is 12.1. The highest BCUT2D eigenvalue weighted by Crippen LogP contribution is 2.27. The quantitative estimate of drug-likeness (QED) is 0.521. The maximum absolute atomic E-state index is 11.0. The molecular formula is C14H23N3O3+2. The molecule has 0 aromatic heterocycles. The first-order valence-electron chi connectivity index (χ1n) is 7.09. The molecule has 0 radical (unpaired) electrons. The van der Waals surface area contributed by atoms with Gasteiger partial charge in [0.15, 0.2) is 5.75 Å². The molecule has 0 spiro atoms. The maximum Gasteiger partial charge on any atom is 0.310 e. The summed E-state index contributed by atoms with van der Waals surface area (Å²) in [6.45, 7) is 7.98. The van der Waals surface area contributed by atoms with Crippen LogP contribution < -0.4 is 14.5 Å². The standard InChI is InChI=1S/C14H21N3O3/c1-12-3-4-13(17(18)19)14(11-12)20-10-9-16-7-5-15(2)6-8-16/h3-4,11H,5-10H2,1-2H3/p+2. The van der Waals surface area contributed by atoms with Crippen molar-refractivity contribution in [3.8, 4) is 5.75 Å². The normalized spacial score (nSPS) is 22.5. The summed E-state index contributed by atoms with van der Waals surface area (Å²) in [6, 6.07) is 4.98. The predicted molar refractivity (Wildman–Crippen MR) is 75.5 cm³/mol. The van der Waals surface area contributed by atoms with Crippen LogP contribution in [-0.4, -0.2) is 51.3 Å². The van der Waals surface area contributed by atoms with Crippen molar-refractivity contribution in [3.63, 3.8) is 0 Å². The van der Waals surface area contributed by atoms with Gasteiger partial charge in [0.2, 0.25) is 0 Å². The second-order valence-electron chi connectivity index (χ2n) is 5.53. The number of hydrogen-bond donors (Lipinski definition) is 2. The van der Waals surface area contributed by atoms with Gasteiger partial charge in [-0.1, -0.05) is 6.07 Å². The summed E-state index contributed by atoms with van der Waals surface area (Å²) >= 11 is 0. The number of hydrogen-bond acceptors (Lipinski definition) is 3. The van der Waals surface area contributed by atoms with Gasteiger partial charge in [-0.2, -0.15) is 0 Å². The Morgan fingerprint density at radius 1 is 1.30 bits per heavy atom. The van der Waals surface area contributed by atoms with Crippen molar-refractivity contribution in [1.82, 2.24) is 0 Å². The van der Waals surface area contributed by atoms with Gasteiger partial charge in [-0.3, -0.25) is 10.1 Å². The Morgan fingerprint density at radius 3 is 2.65 bits per heavy atom. The Hall–Kier alpha value is -1.66. The molecule has 1 saturated heterocycles. The fraction of sp³-hybridized carbons (Fsp3) is 0.571. The van der Waals surface area contributed by atoms with Gasteiger partial charge >= 0.3 is 5.69 Å². The highest BCUT2D eigenvalue weighted by molar-refractivity contribution is 5.48. The minimum Gasteiger partial charge on any atom is -0.481 e. The lowest BCUT2D eigenvalue weighted by molar-refractivity contribution is -1.00. The minimum absolute atomic E-state index is 0.0495. The van der Waals surface area contributed by atoms with Crippen LogP contribution in [0.3, 0.4) is 0 Å². The van der Waals surface area contributed by atoms with Crippen molar-refractivity contribution in [2.45, 2.75) is 6.92 Å². The number of rotatable bonds is 5. The van der Waals surface area contributed by atoms with Crippen molar-refractivity contribution in [1.29, 1.82) is 0 Å². The lowest BCUT2D eigenvalue weighted by atomic mass is 10.2. The van der Waals surface area contributed by atoms with Gasteiger partial charge in [-0.25, -0.2) is 0 Å². The average Bonchev–Trinajstić information content (AvgIpc) is 2.41. The van der Waals surface area contributed by atoms with Crippen molar-refractivity contribution in [2.24, 2.45) is 0 Å². The first-order valence-corrected chi connectivity index (χ1v) is 7.09. The third-order valence-corrected chi connectivity index (χ3v) is 3.84. The molecule has 6 nitrogen and oxygen atoms in total. The summed E-state index contributed by atoms with van der Waals surface area (Å²) < 4.78 is 5.64. The molecule has 1 fully saturated rings. The van der Waals surface area contributed by atoms with E-state index in [1.165, 1.54) is 24.1 Å². The first-order chi connectivity index (χ1) is 9.56. The number of aryl methyl sites for hydroxylation is 1. The molecule has 0 bridgehead atoms. The molecule has 20 heavy (non-hydrogen) atoms. The van der Waals surface area contributed by atoms with Crippen molar-refractivity contribution in [3.05, 3.63) is 33.9 Å². The first kappa shape index (κ1) is 14.7. The van der Waals surface area contributed by atoms with E-state index in [0.717, 1.165) is 25.2 Å². The SMILES string of the molecule is Cc1ccc([N+](=O)[O-])c(OCC[NH+]2CC[NH+](C)CC2)c1. The second-order valence-corrected chi connectivity index (χ2v) is 5.53. The monoisotopic (exact) mass is 281 g/mol. The van der Waals surface area contributed by atoms with Crippen LogP contribution in [0, 0.1) is 17.0 Å². The highest BCUT2D eigenvalue weighted by Gasteiger charge is 2.20. The smallest absolute Gasteiger partial charge is 0.310 e. The van der Waals surface area contributed by atoms with Gasteiger partial charge in [0, 0.05) is 6.07 Å². The number of ether oxygens (including phenoxy) is 1. The number of nitrogens with one attached hydrogen (secondary N) is 2. The van der Waals surface area contributed by atoms with Crippen LogP contribution in [0.5, 0.6) is 5.75 Å². The zero-order chi connectivity index (χ0) is 14.5. The maximum atomic E-state index is 11.0. The van der Waals surface area contributed by atoms with E-state index in [-0.39, 0.29) is 10.6 Å². The number of benzene rings is 1. The molecule has 1 aromatic carbocycles. The third kappa shape index (κ3) is 3.91. The lowest BCUT2D eigenvalue weighted by Crippen LogP contribution is -3.27. The number of nitrogens with zero attached hydrogens (tertiary/aromatic N) is 1. The van der Waals surface area contributed by atoms with Crippen LogP contribution in [0.1, 0.15) is 5.56 Å². The fourth-order valence-corrected chi connectivity index (χ4v) is 2.47. The summed E-state index contributed by atoms with van der Waals surface area (Å²) in [7, 11) is 2.21. The molecule has 0 atom stereocenters. The van der Waals surface area contributed by atoms with Crippen LogP contribution in [0.15, 0.2) is 18.2 Å². The average molecular weight is 281 g/mol. The van der Waals surface area contributed by atoms with Crippen LogP contribution in [-0.2, 0) is 0 Å². The molecule has 1 aromatic rings. The van der Waals surface area contributed by atoms with Gasteiger partial charge in [0.1, 0.15) is 39.3 Å². The van der Waals surface area contributed by atoms with Crippen LogP contribution in [0.4, 0.5) is 5.69 Å². The van der Waals surface area contributed by atoms with Crippen LogP contribution in [0.25, 0.3) is 0 Å². The van der Waals surface area contributed by atoms with Crippen molar-refractivity contribution in [2.75, 3.05) is 46.4 Å². The van der Waals surface area contributed by atoms with E-state index >= 15 is 0 Å². The Balaban J connectivity index is 1.87. The summed E-state index contributed by atoms with van der Waals surface area (Å²) in [5.74, 6) is 0.383. The van der Waals surface area contributed by atoms with Crippen LogP contribution >= 0.6 is 0 Å². The molecule has 2 rings (SSSR count). The van der Waals surface area contributed by atoms with Crippen molar-refractivity contribution >= 4 is 5.69 Å². The van der Waals surface area contributed by atoms with Crippen LogP contribution in [0.2, 0.25) is 0 Å². The summed E-state index contributed by atoms with van der Waals surface area (Å²) in [6.07, 6.45) is 0. The largest absolute Gasteiger partial charge is 0.481 e. The summed E-state index contributed by atoms with van der Waals surface area (Å²) in [5.41, 5.74) is 1.02. The van der Waals surface area contributed by atoms with E-state index in [2.05, 4.69) is 7.05 Å². The number of nitro benzene ring substituents is 1. The molecule has 0 amide bonds. The topological polar surface area (TPSA) is 61.2 Å². The van der Waals surface area contributed by atoms with E-state index in [9.17, 15) is 10.1 Å². The van der Waals surface area contributed by atoms with Gasteiger partial charge in [-0.05, 0) is 18.6 Å². The van der Waals surface area contributed by atoms with Gasteiger partial charge in [0.05, 0.1) is 12.0 Å². The number of quaternary nitrogens is 2. The fourth-order valence-electron chi connectivity index (χ4n) is 2.47. The van der Waals surface area contributed by atoms with E-state index < -0.39 is 0 Å². The number of likely N-dealkylation sites (N-methyl/N-ethyl adjacent to an activating group) is 1. The summed E-state index contributed by atoms with van der Waals surface area (Å²) in [5, 5.41) is 11.0. The van der Waals surface area contributed by atoms with Gasteiger partial charge in [-0.15, -0.1) is 0 Å².